The smallest absolute Gasteiger partial charge is 0.157 e. The highest BCUT2D eigenvalue weighted by Gasteiger charge is 2.13. The maximum Gasteiger partial charge on any atom is 0.157 e. The molecule has 1 fully saturated rings. The lowest BCUT2D eigenvalue weighted by Gasteiger charge is -2.22. The molecular formula is C32H54O2. The van der Waals surface area contributed by atoms with Crippen molar-refractivity contribution in [2.45, 2.75) is 131 Å². The van der Waals surface area contributed by atoms with E-state index < -0.39 is 0 Å². The summed E-state index contributed by atoms with van der Waals surface area (Å²) in [7, 11) is 0. The highest BCUT2D eigenvalue weighted by atomic mass is 16.7. The minimum absolute atomic E-state index is 0.0489. The minimum atomic E-state index is 0.0489. The number of hydrogen-bond donors (Lipinski definition) is 0. The summed E-state index contributed by atoms with van der Waals surface area (Å²) in [4.78, 5) is 0. The van der Waals surface area contributed by atoms with E-state index in [0.29, 0.717) is 0 Å². The van der Waals surface area contributed by atoms with Gasteiger partial charge in [-0.1, -0.05) is 58.2 Å². The molecule has 0 saturated carbocycles. The van der Waals surface area contributed by atoms with Crippen molar-refractivity contribution >= 4 is 0 Å². The first-order chi connectivity index (χ1) is 16.4. The molecule has 194 valence electrons. The zero-order valence-corrected chi connectivity index (χ0v) is 23.4. The molecule has 1 unspecified atom stereocenters. The summed E-state index contributed by atoms with van der Waals surface area (Å²) in [5, 5.41) is 0. The summed E-state index contributed by atoms with van der Waals surface area (Å²) in [5.74, 6) is 0. The van der Waals surface area contributed by atoms with Gasteiger partial charge < -0.3 is 9.47 Å². The third-order valence-corrected chi connectivity index (χ3v) is 6.78. The summed E-state index contributed by atoms with van der Waals surface area (Å²) >= 11 is 0. The van der Waals surface area contributed by atoms with Crippen LogP contribution in [0.2, 0.25) is 0 Å². The first-order valence-corrected chi connectivity index (χ1v) is 13.9. The lowest BCUT2D eigenvalue weighted by atomic mass is 10.0. The summed E-state index contributed by atoms with van der Waals surface area (Å²) in [6, 6.07) is 0. The molecule has 0 bridgehead atoms. The van der Waals surface area contributed by atoms with Crippen molar-refractivity contribution in [2.75, 3.05) is 13.2 Å². The molecule has 2 heteroatoms. The van der Waals surface area contributed by atoms with Crippen LogP contribution in [0.15, 0.2) is 58.2 Å². The molecule has 1 aliphatic heterocycles. The van der Waals surface area contributed by atoms with E-state index in [4.69, 9.17) is 9.47 Å². The summed E-state index contributed by atoms with van der Waals surface area (Å²) < 4.78 is 11.5. The Hall–Kier alpha value is -1.38. The molecule has 0 aromatic carbocycles. The summed E-state index contributed by atoms with van der Waals surface area (Å²) in [5.41, 5.74) is 7.54. The molecule has 0 radical (unpaired) electrons. The molecule has 0 spiro atoms. The van der Waals surface area contributed by atoms with Crippen molar-refractivity contribution in [2.24, 2.45) is 0 Å². The van der Waals surface area contributed by atoms with Gasteiger partial charge in [-0.05, 0) is 125 Å². The SMILES string of the molecule is C/C=C(/C)CC/C=C(/C)CC/C=C(/C)CC/C=C(/C)CC/C=C(/C)CCCOC1CCCCO1. The zero-order valence-electron chi connectivity index (χ0n) is 23.4. The highest BCUT2D eigenvalue weighted by molar-refractivity contribution is 5.08. The molecular weight excluding hydrogens is 416 g/mol. The molecule has 0 aromatic rings. The van der Waals surface area contributed by atoms with Gasteiger partial charge in [-0.2, -0.15) is 0 Å². The molecule has 0 N–H and O–H groups in total. The molecule has 2 nitrogen and oxygen atoms in total. The molecule has 0 amide bonds. The second-order valence-corrected chi connectivity index (χ2v) is 10.3. The Morgan fingerprint density at radius 3 is 1.59 bits per heavy atom. The van der Waals surface area contributed by atoms with Crippen LogP contribution < -0.4 is 0 Å². The minimum Gasteiger partial charge on any atom is -0.353 e. The van der Waals surface area contributed by atoms with Crippen LogP contribution in [0, 0.1) is 0 Å². The van der Waals surface area contributed by atoms with Crippen LogP contribution in [0.25, 0.3) is 0 Å². The predicted molar refractivity (Wildman–Crippen MR) is 150 cm³/mol. The Balaban J connectivity index is 2.13. The van der Waals surface area contributed by atoms with E-state index in [0.717, 1.165) is 45.3 Å². The number of rotatable bonds is 17. The Bertz CT molecular complexity index is 684. The highest BCUT2D eigenvalue weighted by Crippen LogP contribution is 2.17. The van der Waals surface area contributed by atoms with Crippen LogP contribution in [0.5, 0.6) is 0 Å². The van der Waals surface area contributed by atoms with Crippen LogP contribution in [0.4, 0.5) is 0 Å². The first-order valence-electron chi connectivity index (χ1n) is 13.9. The fourth-order valence-electron chi connectivity index (χ4n) is 4.15. The third-order valence-electron chi connectivity index (χ3n) is 6.78. The topological polar surface area (TPSA) is 18.5 Å². The van der Waals surface area contributed by atoms with Crippen LogP contribution in [0.3, 0.4) is 0 Å². The maximum atomic E-state index is 5.84. The van der Waals surface area contributed by atoms with E-state index in [1.165, 1.54) is 79.2 Å². The van der Waals surface area contributed by atoms with Gasteiger partial charge in [-0.15, -0.1) is 0 Å². The van der Waals surface area contributed by atoms with Crippen LogP contribution in [-0.4, -0.2) is 19.5 Å². The van der Waals surface area contributed by atoms with Gasteiger partial charge in [0.15, 0.2) is 6.29 Å². The van der Waals surface area contributed by atoms with Crippen molar-refractivity contribution in [3.8, 4) is 0 Å². The van der Waals surface area contributed by atoms with E-state index in [9.17, 15) is 0 Å². The maximum absolute atomic E-state index is 5.84. The van der Waals surface area contributed by atoms with Gasteiger partial charge in [0.25, 0.3) is 0 Å². The average molecular weight is 471 g/mol. The average Bonchev–Trinajstić information content (AvgIpc) is 2.82. The van der Waals surface area contributed by atoms with E-state index in [1.54, 1.807) is 0 Å². The molecule has 1 rings (SSSR count). The first kappa shape index (κ1) is 30.7. The van der Waals surface area contributed by atoms with Gasteiger partial charge >= 0.3 is 0 Å². The summed E-state index contributed by atoms with van der Waals surface area (Å²) in [6.45, 7) is 15.1. The van der Waals surface area contributed by atoms with E-state index in [1.807, 2.05) is 0 Å². The molecule has 1 aliphatic rings. The van der Waals surface area contributed by atoms with Gasteiger partial charge in [-0.3, -0.25) is 0 Å². The van der Waals surface area contributed by atoms with Crippen molar-refractivity contribution in [1.29, 1.82) is 0 Å². The number of ether oxygens (including phenoxy) is 2. The molecule has 0 aromatic heterocycles. The largest absolute Gasteiger partial charge is 0.353 e. The van der Waals surface area contributed by atoms with Gasteiger partial charge in [-0.25, -0.2) is 0 Å². The van der Waals surface area contributed by atoms with Crippen molar-refractivity contribution in [3.05, 3.63) is 58.2 Å². The molecule has 0 aliphatic carbocycles. The van der Waals surface area contributed by atoms with Crippen molar-refractivity contribution in [3.63, 3.8) is 0 Å². The Morgan fingerprint density at radius 2 is 1.15 bits per heavy atom. The Morgan fingerprint density at radius 1 is 0.676 bits per heavy atom. The molecule has 1 atom stereocenters. The van der Waals surface area contributed by atoms with Crippen LogP contribution in [-0.2, 0) is 9.47 Å². The second-order valence-electron chi connectivity index (χ2n) is 10.3. The normalized spacial score (nSPS) is 19.1. The number of allylic oxidation sites excluding steroid dienone is 10. The van der Waals surface area contributed by atoms with Crippen molar-refractivity contribution in [1.82, 2.24) is 0 Å². The lowest BCUT2D eigenvalue weighted by Crippen LogP contribution is -2.22. The van der Waals surface area contributed by atoms with Crippen molar-refractivity contribution < 1.29 is 9.47 Å². The second kappa shape index (κ2) is 19.9. The molecule has 34 heavy (non-hydrogen) atoms. The van der Waals surface area contributed by atoms with Crippen LogP contribution >= 0.6 is 0 Å². The fraction of sp³-hybridized carbons (Fsp3) is 0.688. The monoisotopic (exact) mass is 470 g/mol. The van der Waals surface area contributed by atoms with Gasteiger partial charge in [0, 0.05) is 6.61 Å². The zero-order chi connectivity index (χ0) is 25.0. The van der Waals surface area contributed by atoms with E-state index in [2.05, 4.69) is 71.9 Å². The molecule has 1 heterocycles. The third kappa shape index (κ3) is 17.1. The summed E-state index contributed by atoms with van der Waals surface area (Å²) in [6.07, 6.45) is 27.0. The number of hydrogen-bond acceptors (Lipinski definition) is 2. The van der Waals surface area contributed by atoms with Gasteiger partial charge in [0.2, 0.25) is 0 Å². The quantitative estimate of drug-likeness (QED) is 0.155. The Labute approximate surface area is 212 Å². The van der Waals surface area contributed by atoms with Gasteiger partial charge in [0.1, 0.15) is 0 Å². The van der Waals surface area contributed by atoms with E-state index >= 15 is 0 Å². The Kier molecular flexibility index (Phi) is 17.9. The fourth-order valence-corrected chi connectivity index (χ4v) is 4.15. The van der Waals surface area contributed by atoms with Gasteiger partial charge in [0.05, 0.1) is 6.61 Å². The van der Waals surface area contributed by atoms with E-state index in [-0.39, 0.29) is 6.29 Å². The lowest BCUT2D eigenvalue weighted by molar-refractivity contribution is -0.162. The standard InChI is InChI=1S/C32H54O2/c1-7-27(2)15-10-16-28(3)17-11-18-29(4)19-12-20-30(5)21-13-22-31(6)23-14-26-34-32-24-8-9-25-33-32/h7,16,18,20,22,32H,8-15,17,19,21,23-26H2,1-6H3/b27-7-,28-16-,29-18-,30-20-,31-22-. The predicted octanol–water partition coefficient (Wildman–Crippen LogP) is 10.2. The molecule has 1 saturated heterocycles. The van der Waals surface area contributed by atoms with Crippen LogP contribution in [0.1, 0.15) is 125 Å².